The minimum absolute atomic E-state index is 0.0694. The zero-order chi connectivity index (χ0) is 55.5. The molecule has 2 saturated heterocycles. The molecule has 4 aromatic carbocycles. The first-order valence-corrected chi connectivity index (χ1v) is 26.5. The number of nitrogens with one attached hydrogen (secondary N) is 2. The van der Waals surface area contributed by atoms with E-state index in [1.165, 1.54) is 24.3 Å². The SMILES string of the molecule is CC(C)(C)OC(=O)N1CCC(C2CCNn3c2nc(-c2ccc(Oc4ccc(F)cc4)cc2)c3C(=O)O)CC1.CC(C)(C)OC(=O)N1CCC(C2CCNn3c2nc(-c2ccc(Oc4ccc(F)cc4)cc2)c3C(N)=O)CC1. The fourth-order valence-electron chi connectivity index (χ4n) is 10.6. The van der Waals surface area contributed by atoms with Gasteiger partial charge in [0.2, 0.25) is 0 Å². The Kier molecular flexibility index (Phi) is 16.0. The van der Waals surface area contributed by atoms with Gasteiger partial charge in [-0.25, -0.2) is 42.5 Å². The lowest BCUT2D eigenvalue weighted by molar-refractivity contribution is 0.0160. The molecule has 412 valence electrons. The summed E-state index contributed by atoms with van der Waals surface area (Å²) in [5.74, 6) is 2.09. The molecule has 2 fully saturated rings. The Bertz CT molecular complexity index is 2890. The van der Waals surface area contributed by atoms with Gasteiger partial charge in [-0.3, -0.25) is 4.79 Å². The van der Waals surface area contributed by atoms with Crippen LogP contribution in [0, 0.1) is 23.5 Å². The molecule has 5 N–H and O–H groups in total. The summed E-state index contributed by atoms with van der Waals surface area (Å²) in [5, 5.41) is 10.1. The van der Waals surface area contributed by atoms with Crippen molar-refractivity contribution in [3.63, 3.8) is 0 Å². The third kappa shape index (κ3) is 12.8. The Labute approximate surface area is 451 Å². The first-order valence-electron chi connectivity index (χ1n) is 26.5. The van der Waals surface area contributed by atoms with Crippen LogP contribution in [-0.2, 0) is 9.47 Å². The first-order chi connectivity index (χ1) is 37.2. The van der Waals surface area contributed by atoms with Gasteiger partial charge in [0.1, 0.15) is 68.9 Å². The van der Waals surface area contributed by atoms with Crippen molar-refractivity contribution in [1.82, 2.24) is 29.1 Å². The van der Waals surface area contributed by atoms with E-state index >= 15 is 0 Å². The maximum absolute atomic E-state index is 13.2. The second kappa shape index (κ2) is 22.8. The second-order valence-corrected chi connectivity index (χ2v) is 22.1. The second-order valence-electron chi connectivity index (χ2n) is 22.1. The molecule has 2 aromatic heterocycles. The van der Waals surface area contributed by atoms with E-state index in [2.05, 4.69) is 10.9 Å². The molecule has 78 heavy (non-hydrogen) atoms. The summed E-state index contributed by atoms with van der Waals surface area (Å²) in [6.45, 7) is 14.9. The van der Waals surface area contributed by atoms with Gasteiger partial charge in [0, 0.05) is 62.2 Å². The van der Waals surface area contributed by atoms with Crippen LogP contribution in [0.2, 0.25) is 0 Å². The third-order valence-corrected chi connectivity index (χ3v) is 14.2. The number of carbonyl (C=O) groups is 4. The Morgan fingerprint density at radius 3 is 1.21 bits per heavy atom. The van der Waals surface area contributed by atoms with Gasteiger partial charge in [0.25, 0.3) is 5.91 Å². The zero-order valence-corrected chi connectivity index (χ0v) is 44.8. The molecule has 4 aliphatic rings. The topological polar surface area (TPSA) is 218 Å². The van der Waals surface area contributed by atoms with Crippen molar-refractivity contribution in [3.05, 3.63) is 132 Å². The quantitative estimate of drug-likeness (QED) is 0.100. The molecule has 2 unspecified atom stereocenters. The number of fused-ring (bicyclic) bond motifs is 2. The lowest BCUT2D eigenvalue weighted by atomic mass is 9.81. The number of carbonyl (C=O) groups excluding carboxylic acids is 3. The molecule has 0 spiro atoms. The Morgan fingerprint density at radius 2 is 0.872 bits per heavy atom. The summed E-state index contributed by atoms with van der Waals surface area (Å²) in [4.78, 5) is 63.3. The summed E-state index contributed by atoms with van der Waals surface area (Å²) in [5.41, 5.74) is 14.0. The predicted molar refractivity (Wildman–Crippen MR) is 288 cm³/mol. The van der Waals surface area contributed by atoms with Crippen molar-refractivity contribution in [2.24, 2.45) is 17.6 Å². The van der Waals surface area contributed by atoms with Gasteiger partial charge in [-0.1, -0.05) is 0 Å². The van der Waals surface area contributed by atoms with E-state index in [1.807, 2.05) is 53.7 Å². The minimum atomic E-state index is -1.07. The van der Waals surface area contributed by atoms with E-state index in [-0.39, 0.29) is 47.3 Å². The number of aromatic nitrogens is 4. The molecular weight excluding hydrogens is 1000 g/mol. The summed E-state index contributed by atoms with van der Waals surface area (Å²) in [7, 11) is 0. The van der Waals surface area contributed by atoms with Crippen LogP contribution in [0.5, 0.6) is 23.0 Å². The van der Waals surface area contributed by atoms with Gasteiger partial charge in [0.15, 0.2) is 11.4 Å². The predicted octanol–water partition coefficient (Wildman–Crippen LogP) is 11.1. The van der Waals surface area contributed by atoms with Crippen LogP contribution in [-0.4, -0.2) is 109 Å². The summed E-state index contributed by atoms with van der Waals surface area (Å²) in [6, 6.07) is 25.7. The van der Waals surface area contributed by atoms with Crippen molar-refractivity contribution < 1.29 is 52.0 Å². The number of aromatic carboxylic acids is 1. The molecule has 0 radical (unpaired) electrons. The van der Waals surface area contributed by atoms with Crippen LogP contribution in [0.25, 0.3) is 22.5 Å². The Morgan fingerprint density at radius 1 is 0.538 bits per heavy atom. The van der Waals surface area contributed by atoms with Crippen LogP contribution < -0.4 is 26.1 Å². The average Bonchev–Trinajstić information content (AvgIpc) is 4.10. The number of likely N-dealkylation sites (tertiary alicyclic amines) is 2. The number of rotatable bonds is 10. The van der Waals surface area contributed by atoms with Gasteiger partial charge in [-0.05, 0) is 189 Å². The van der Waals surface area contributed by atoms with Crippen LogP contribution in [0.15, 0.2) is 97.1 Å². The van der Waals surface area contributed by atoms with Crippen molar-refractivity contribution in [1.29, 1.82) is 0 Å². The maximum Gasteiger partial charge on any atom is 0.410 e. The number of carboxylic acids is 1. The van der Waals surface area contributed by atoms with Gasteiger partial charge >= 0.3 is 18.2 Å². The standard InChI is InChI=1S/C29H34FN5O4.C29H33FN4O5/c1-29(2,3)39-28(37)34-16-13-18(14-17-34)23-12-15-32-35-25(26(31)36)24(33-27(23)35)19-4-8-21(9-5-19)38-22-10-6-20(30)7-11-22;1-29(2,3)39-28(37)33-16-13-18(14-17-33)23-12-15-31-34-25(27(35)36)24(32-26(23)34)19-4-8-21(9-5-19)38-22-10-6-20(30)7-11-22/h4-11,18,23,32H,12-17H2,1-3H3,(H2,31,36);4-11,18,23,31H,12-17H2,1-3H3,(H,35,36). The fourth-order valence-corrected chi connectivity index (χ4v) is 10.6. The number of amides is 3. The van der Waals surface area contributed by atoms with E-state index in [9.17, 15) is 33.1 Å². The number of imidazole rings is 2. The van der Waals surface area contributed by atoms with Crippen molar-refractivity contribution in [3.8, 4) is 45.5 Å². The smallest absolute Gasteiger partial charge is 0.410 e. The highest BCUT2D eigenvalue weighted by molar-refractivity contribution is 5.98. The van der Waals surface area contributed by atoms with Crippen LogP contribution in [0.3, 0.4) is 0 Å². The molecule has 3 amide bonds. The minimum Gasteiger partial charge on any atom is -0.476 e. The molecule has 0 bridgehead atoms. The number of nitrogens with zero attached hydrogens (tertiary/aromatic N) is 6. The number of nitrogens with two attached hydrogens (primary N) is 1. The largest absolute Gasteiger partial charge is 0.476 e. The first kappa shape index (κ1) is 54.6. The monoisotopic (exact) mass is 1070 g/mol. The van der Waals surface area contributed by atoms with Crippen molar-refractivity contribution in [2.75, 3.05) is 50.1 Å². The van der Waals surface area contributed by atoms with Crippen LogP contribution in [0.1, 0.15) is 125 Å². The number of carboxylic acid groups (broad SMARTS) is 1. The highest BCUT2D eigenvalue weighted by Crippen LogP contribution is 2.41. The summed E-state index contributed by atoms with van der Waals surface area (Å²) < 4.78 is 52.4. The zero-order valence-electron chi connectivity index (χ0n) is 44.8. The van der Waals surface area contributed by atoms with Gasteiger partial charge in [-0.15, -0.1) is 0 Å². The number of benzene rings is 4. The van der Waals surface area contributed by atoms with Crippen LogP contribution in [0.4, 0.5) is 18.4 Å². The lowest BCUT2D eigenvalue weighted by Gasteiger charge is -2.38. The average molecular weight is 1070 g/mol. The molecule has 0 aliphatic carbocycles. The van der Waals surface area contributed by atoms with Crippen LogP contribution >= 0.6 is 0 Å². The number of primary amides is 1. The summed E-state index contributed by atoms with van der Waals surface area (Å²) in [6.07, 6.45) is 4.37. The third-order valence-electron chi connectivity index (χ3n) is 14.2. The molecule has 10 rings (SSSR count). The number of hydrogen-bond donors (Lipinski definition) is 4. The highest BCUT2D eigenvalue weighted by atomic mass is 19.1. The Hall–Kier alpha value is -8.16. The summed E-state index contributed by atoms with van der Waals surface area (Å²) >= 11 is 0. The van der Waals surface area contributed by atoms with Crippen molar-refractivity contribution in [2.45, 2.75) is 103 Å². The van der Waals surface area contributed by atoms with Crippen molar-refractivity contribution >= 4 is 24.1 Å². The Balaban J connectivity index is 0.000000190. The molecule has 6 aromatic rings. The van der Waals surface area contributed by atoms with Gasteiger partial charge in [-0.2, -0.15) is 0 Å². The van der Waals surface area contributed by atoms with Gasteiger partial charge in [0.05, 0.1) is 0 Å². The van der Waals surface area contributed by atoms with E-state index in [0.29, 0.717) is 96.7 Å². The van der Waals surface area contributed by atoms with E-state index < -0.39 is 23.1 Å². The molecular formula is C58H67F2N9O9. The van der Waals surface area contributed by atoms with Gasteiger partial charge < -0.3 is 50.4 Å². The molecule has 6 heterocycles. The number of halogens is 2. The van der Waals surface area contributed by atoms with E-state index in [4.69, 9.17) is 34.6 Å². The molecule has 2 atom stereocenters. The number of ether oxygens (including phenoxy) is 4. The normalized spacial score (nSPS) is 17.7. The maximum atomic E-state index is 13.2. The lowest BCUT2D eigenvalue weighted by Crippen LogP contribution is -2.43. The van der Waals surface area contributed by atoms with E-state index in [0.717, 1.165) is 49.9 Å². The number of piperidine rings is 2. The number of hydrogen-bond acceptors (Lipinski definition) is 12. The molecule has 18 nitrogen and oxygen atoms in total. The molecule has 0 saturated carbocycles. The highest BCUT2D eigenvalue weighted by Gasteiger charge is 2.39. The molecule has 20 heteroatoms. The van der Waals surface area contributed by atoms with E-state index in [1.54, 1.807) is 79.8 Å². The molecule has 4 aliphatic heterocycles. The fraction of sp³-hybridized carbons (Fsp3) is 0.414.